The van der Waals surface area contributed by atoms with E-state index in [1.165, 1.54) is 12.1 Å². The number of benzene rings is 2. The Morgan fingerprint density at radius 3 is 2.32 bits per heavy atom. The number of piperidine rings is 1. The van der Waals surface area contributed by atoms with Gasteiger partial charge in [-0.2, -0.15) is 0 Å². The van der Waals surface area contributed by atoms with Gasteiger partial charge in [0.2, 0.25) is 0 Å². The molecular weight excluding hydrogens is 378 g/mol. The molecular formula is C21H23NO5S. The molecule has 0 aromatic heterocycles. The summed E-state index contributed by atoms with van der Waals surface area (Å²) in [5.41, 5.74) is 1.66. The molecule has 0 saturated carbocycles. The van der Waals surface area contributed by atoms with E-state index >= 15 is 0 Å². The fraction of sp³-hybridized carbons (Fsp3) is 0.333. The van der Waals surface area contributed by atoms with Gasteiger partial charge >= 0.3 is 5.97 Å². The molecule has 1 aliphatic heterocycles. The Morgan fingerprint density at radius 1 is 1.04 bits per heavy atom. The number of rotatable bonds is 5. The highest BCUT2D eigenvalue weighted by Crippen LogP contribution is 2.24. The SMILES string of the molecule is CS(=O)(=O)c1cccc(C(=O)N2CCC(Cc3cccc(C(=O)O)c3)CC2)c1. The summed E-state index contributed by atoms with van der Waals surface area (Å²) in [6.45, 7) is 1.20. The minimum atomic E-state index is -3.36. The molecule has 1 saturated heterocycles. The van der Waals surface area contributed by atoms with Gasteiger partial charge in [0.25, 0.3) is 5.91 Å². The van der Waals surface area contributed by atoms with Gasteiger partial charge in [-0.1, -0.05) is 18.2 Å². The van der Waals surface area contributed by atoms with Crippen molar-refractivity contribution >= 4 is 21.7 Å². The van der Waals surface area contributed by atoms with Crippen LogP contribution < -0.4 is 0 Å². The topological polar surface area (TPSA) is 91.8 Å². The van der Waals surface area contributed by atoms with Gasteiger partial charge in [0.1, 0.15) is 0 Å². The minimum absolute atomic E-state index is 0.145. The molecule has 0 bridgehead atoms. The molecule has 28 heavy (non-hydrogen) atoms. The molecule has 7 heteroatoms. The summed E-state index contributed by atoms with van der Waals surface area (Å²) in [5, 5.41) is 9.11. The Labute approximate surface area is 164 Å². The number of carboxylic acids is 1. The number of aromatic carboxylic acids is 1. The highest BCUT2D eigenvalue weighted by atomic mass is 32.2. The molecule has 0 atom stereocenters. The van der Waals surface area contributed by atoms with Crippen LogP contribution in [0.25, 0.3) is 0 Å². The van der Waals surface area contributed by atoms with Gasteiger partial charge in [0.05, 0.1) is 10.5 Å². The highest BCUT2D eigenvalue weighted by Gasteiger charge is 2.24. The lowest BCUT2D eigenvalue weighted by Gasteiger charge is -2.32. The summed E-state index contributed by atoms with van der Waals surface area (Å²) in [7, 11) is -3.36. The molecule has 2 aromatic rings. The van der Waals surface area contributed by atoms with Crippen LogP contribution in [0.5, 0.6) is 0 Å². The van der Waals surface area contributed by atoms with Gasteiger partial charge in [-0.25, -0.2) is 13.2 Å². The van der Waals surface area contributed by atoms with Gasteiger partial charge in [-0.3, -0.25) is 4.79 Å². The van der Waals surface area contributed by atoms with Crippen LogP contribution in [0, 0.1) is 5.92 Å². The first-order valence-corrected chi connectivity index (χ1v) is 11.0. The highest BCUT2D eigenvalue weighted by molar-refractivity contribution is 7.90. The molecule has 3 rings (SSSR count). The van der Waals surface area contributed by atoms with Crippen molar-refractivity contribution in [3.8, 4) is 0 Å². The minimum Gasteiger partial charge on any atom is -0.478 e. The van der Waals surface area contributed by atoms with E-state index < -0.39 is 15.8 Å². The lowest BCUT2D eigenvalue weighted by Crippen LogP contribution is -2.39. The number of likely N-dealkylation sites (tertiary alicyclic amines) is 1. The van der Waals surface area contributed by atoms with E-state index in [-0.39, 0.29) is 16.4 Å². The maximum absolute atomic E-state index is 12.7. The fourth-order valence-electron chi connectivity index (χ4n) is 3.55. The summed E-state index contributed by atoms with van der Waals surface area (Å²) in [6, 6.07) is 13.1. The Hall–Kier alpha value is -2.67. The van der Waals surface area contributed by atoms with Crippen molar-refractivity contribution in [1.82, 2.24) is 4.90 Å². The zero-order chi connectivity index (χ0) is 20.3. The van der Waals surface area contributed by atoms with Crippen LogP contribution in [-0.4, -0.2) is 49.6 Å². The average molecular weight is 401 g/mol. The summed E-state index contributed by atoms with van der Waals surface area (Å²) in [5.74, 6) is -0.703. The maximum Gasteiger partial charge on any atom is 0.335 e. The first kappa shape index (κ1) is 20.1. The third kappa shape index (κ3) is 4.78. The Balaban J connectivity index is 1.62. The standard InChI is InChI=1S/C21H23NO5S/c1-28(26,27)19-7-3-5-17(14-19)20(23)22-10-8-15(9-11-22)12-16-4-2-6-18(13-16)21(24)25/h2-7,13-15H,8-12H2,1H3,(H,24,25). The van der Waals surface area contributed by atoms with E-state index in [9.17, 15) is 18.0 Å². The molecule has 1 aliphatic rings. The normalized spacial score (nSPS) is 15.4. The molecule has 0 aliphatic carbocycles. The largest absolute Gasteiger partial charge is 0.478 e. The first-order valence-electron chi connectivity index (χ1n) is 9.15. The van der Waals surface area contributed by atoms with Crippen LogP contribution >= 0.6 is 0 Å². The van der Waals surface area contributed by atoms with Crippen molar-refractivity contribution in [1.29, 1.82) is 0 Å². The van der Waals surface area contributed by atoms with E-state index in [1.54, 1.807) is 35.2 Å². The summed E-state index contributed by atoms with van der Waals surface area (Å²) >= 11 is 0. The number of nitrogens with zero attached hydrogens (tertiary/aromatic N) is 1. The number of carbonyl (C=O) groups excluding carboxylic acids is 1. The second-order valence-electron chi connectivity index (χ2n) is 7.25. The van der Waals surface area contributed by atoms with E-state index in [4.69, 9.17) is 5.11 Å². The van der Waals surface area contributed by atoms with Crippen LogP contribution in [0.2, 0.25) is 0 Å². The maximum atomic E-state index is 12.7. The van der Waals surface area contributed by atoms with Crippen LogP contribution in [0.3, 0.4) is 0 Å². The number of hydrogen-bond acceptors (Lipinski definition) is 4. The van der Waals surface area contributed by atoms with Gasteiger partial charge < -0.3 is 10.0 Å². The fourth-order valence-corrected chi connectivity index (χ4v) is 4.21. The molecule has 1 fully saturated rings. The molecule has 0 unspecified atom stereocenters. The van der Waals surface area contributed by atoms with Crippen molar-refractivity contribution in [3.05, 3.63) is 65.2 Å². The molecule has 1 amide bonds. The van der Waals surface area contributed by atoms with Crippen molar-refractivity contribution in [3.63, 3.8) is 0 Å². The number of carbonyl (C=O) groups is 2. The smallest absolute Gasteiger partial charge is 0.335 e. The lowest BCUT2D eigenvalue weighted by molar-refractivity contribution is 0.0681. The van der Waals surface area contributed by atoms with E-state index in [2.05, 4.69) is 0 Å². The average Bonchev–Trinajstić information content (AvgIpc) is 2.68. The lowest BCUT2D eigenvalue weighted by atomic mass is 9.89. The van der Waals surface area contributed by atoms with Gasteiger partial charge in [-0.15, -0.1) is 0 Å². The van der Waals surface area contributed by atoms with E-state index in [1.807, 2.05) is 6.07 Å². The molecule has 1 heterocycles. The third-order valence-corrected chi connectivity index (χ3v) is 6.22. The van der Waals surface area contributed by atoms with Crippen molar-refractivity contribution < 1.29 is 23.1 Å². The van der Waals surface area contributed by atoms with Crippen LogP contribution in [0.4, 0.5) is 0 Å². The number of amides is 1. The molecule has 0 spiro atoms. The van der Waals surface area contributed by atoms with Crippen molar-refractivity contribution in [2.45, 2.75) is 24.2 Å². The van der Waals surface area contributed by atoms with Crippen molar-refractivity contribution in [2.24, 2.45) is 5.92 Å². The molecule has 0 radical (unpaired) electrons. The molecule has 1 N–H and O–H groups in total. The van der Waals surface area contributed by atoms with Gasteiger partial charge in [0, 0.05) is 24.9 Å². The summed E-state index contributed by atoms with van der Waals surface area (Å²) in [4.78, 5) is 25.7. The van der Waals surface area contributed by atoms with Crippen LogP contribution in [0.15, 0.2) is 53.4 Å². The molecule has 148 valence electrons. The molecule has 6 nitrogen and oxygen atoms in total. The van der Waals surface area contributed by atoms with Gasteiger partial charge in [0.15, 0.2) is 9.84 Å². The van der Waals surface area contributed by atoms with Crippen LogP contribution in [0.1, 0.15) is 39.1 Å². The predicted octanol–water partition coefficient (Wildman–Crippen LogP) is 2.88. The number of carboxylic acid groups (broad SMARTS) is 1. The number of sulfone groups is 1. The number of hydrogen-bond donors (Lipinski definition) is 1. The Morgan fingerprint density at radius 2 is 1.68 bits per heavy atom. The summed E-state index contributed by atoms with van der Waals surface area (Å²) < 4.78 is 23.4. The monoisotopic (exact) mass is 401 g/mol. The van der Waals surface area contributed by atoms with E-state index in [0.717, 1.165) is 31.1 Å². The zero-order valence-corrected chi connectivity index (χ0v) is 16.5. The van der Waals surface area contributed by atoms with E-state index in [0.29, 0.717) is 24.6 Å². The van der Waals surface area contributed by atoms with Gasteiger partial charge in [-0.05, 0) is 61.1 Å². The quantitative estimate of drug-likeness (QED) is 0.832. The Kier molecular flexibility index (Phi) is 5.84. The first-order chi connectivity index (χ1) is 13.2. The third-order valence-electron chi connectivity index (χ3n) is 5.11. The van der Waals surface area contributed by atoms with Crippen LogP contribution in [-0.2, 0) is 16.3 Å². The summed E-state index contributed by atoms with van der Waals surface area (Å²) in [6.07, 6.45) is 3.57. The molecule has 2 aromatic carbocycles. The van der Waals surface area contributed by atoms with Crippen molar-refractivity contribution in [2.75, 3.05) is 19.3 Å². The second kappa shape index (κ2) is 8.14. The Bertz CT molecular complexity index is 991. The predicted molar refractivity (Wildman–Crippen MR) is 105 cm³/mol. The zero-order valence-electron chi connectivity index (χ0n) is 15.7. The second-order valence-corrected chi connectivity index (χ2v) is 9.26.